The van der Waals surface area contributed by atoms with Gasteiger partial charge in [0.25, 0.3) is 5.56 Å². The molecule has 45 heavy (non-hydrogen) atoms. The maximum absolute atomic E-state index is 14.2. The highest BCUT2D eigenvalue weighted by Gasteiger charge is 2.28. The minimum Gasteiger partial charge on any atom is -0.497 e. The van der Waals surface area contributed by atoms with Crippen LogP contribution in [-0.2, 0) is 4.79 Å². The number of Topliss-reactive ketones (excluding diaryl/α,β-unsaturated/α-hetero) is 1. The fourth-order valence-corrected chi connectivity index (χ4v) is 6.04. The smallest absolute Gasteiger partial charge is 0.273 e. The quantitative estimate of drug-likeness (QED) is 0.273. The lowest BCUT2D eigenvalue weighted by Crippen LogP contribution is -2.33. The zero-order valence-electron chi connectivity index (χ0n) is 25.2. The number of aromatic nitrogens is 3. The molecule has 5 aromatic rings. The molecule has 0 saturated heterocycles. The molecule has 0 saturated carbocycles. The molecule has 9 nitrogen and oxygen atoms in total. The van der Waals surface area contributed by atoms with Crippen molar-refractivity contribution < 1.29 is 19.0 Å². The zero-order valence-corrected chi connectivity index (χ0v) is 26.1. The molecule has 2 aromatic heterocycles. The van der Waals surface area contributed by atoms with Gasteiger partial charge in [-0.3, -0.25) is 14.2 Å². The van der Waals surface area contributed by atoms with Crippen molar-refractivity contribution in [1.82, 2.24) is 14.3 Å². The van der Waals surface area contributed by atoms with Crippen LogP contribution in [0.1, 0.15) is 26.3 Å². The van der Waals surface area contributed by atoms with Gasteiger partial charge in [-0.05, 0) is 60.7 Å². The first kappa shape index (κ1) is 29.7. The van der Waals surface area contributed by atoms with Crippen molar-refractivity contribution in [2.24, 2.45) is 5.41 Å². The van der Waals surface area contributed by atoms with Crippen molar-refractivity contribution in [3.05, 3.63) is 104 Å². The summed E-state index contributed by atoms with van der Waals surface area (Å²) in [4.78, 5) is 27.6. The van der Waals surface area contributed by atoms with E-state index in [1.807, 2.05) is 54.7 Å². The Bertz CT molecular complexity index is 2130. The number of carbonyl (C=O) groups is 1. The van der Waals surface area contributed by atoms with Gasteiger partial charge in [0.1, 0.15) is 41.0 Å². The molecule has 6 rings (SSSR count). The van der Waals surface area contributed by atoms with Crippen molar-refractivity contribution in [2.45, 2.75) is 20.8 Å². The molecule has 0 unspecified atom stereocenters. The van der Waals surface area contributed by atoms with E-state index in [1.165, 1.54) is 4.57 Å². The Labute approximate surface area is 263 Å². The molecule has 0 aliphatic carbocycles. The van der Waals surface area contributed by atoms with Crippen molar-refractivity contribution in [3.63, 3.8) is 0 Å². The monoisotopic (exact) mass is 618 g/mol. The second-order valence-electron chi connectivity index (χ2n) is 11.4. The van der Waals surface area contributed by atoms with Crippen LogP contribution in [0, 0.1) is 16.7 Å². The second kappa shape index (κ2) is 11.9. The number of nitriles is 1. The van der Waals surface area contributed by atoms with Crippen LogP contribution in [-0.4, -0.2) is 40.5 Å². The molecule has 226 valence electrons. The number of ketones is 1. The lowest BCUT2D eigenvalue weighted by Gasteiger charge is -2.18. The number of fused-ring (bicyclic) bond motifs is 1. The van der Waals surface area contributed by atoms with E-state index in [-0.39, 0.29) is 21.6 Å². The lowest BCUT2D eigenvalue weighted by molar-refractivity contribution is -0.120. The van der Waals surface area contributed by atoms with Crippen LogP contribution in [0.25, 0.3) is 34.3 Å². The van der Waals surface area contributed by atoms with Crippen LogP contribution in [0.3, 0.4) is 0 Å². The van der Waals surface area contributed by atoms with Crippen LogP contribution in [0.5, 0.6) is 17.2 Å². The van der Waals surface area contributed by atoms with E-state index < -0.39 is 5.41 Å². The van der Waals surface area contributed by atoms with E-state index in [4.69, 9.17) is 19.3 Å². The van der Waals surface area contributed by atoms with Crippen LogP contribution >= 0.6 is 11.3 Å². The summed E-state index contributed by atoms with van der Waals surface area (Å²) in [6.07, 6.45) is 3.61. The third-order valence-electron chi connectivity index (χ3n) is 7.25. The molecule has 0 fully saturated rings. The Balaban J connectivity index is 1.62. The molecule has 0 radical (unpaired) electrons. The van der Waals surface area contributed by atoms with E-state index in [0.29, 0.717) is 51.9 Å². The Hall–Kier alpha value is -5.40. The Kier molecular flexibility index (Phi) is 7.87. The van der Waals surface area contributed by atoms with Crippen LogP contribution in [0.2, 0.25) is 0 Å². The summed E-state index contributed by atoms with van der Waals surface area (Å²) in [7, 11) is 1.56. The number of rotatable bonds is 6. The highest BCUT2D eigenvalue weighted by Crippen LogP contribution is 2.35. The average Bonchev–Trinajstić information content (AvgIpc) is 3.62. The summed E-state index contributed by atoms with van der Waals surface area (Å²) < 4.78 is 20.6. The molecular weight excluding hydrogens is 588 g/mol. The summed E-state index contributed by atoms with van der Waals surface area (Å²) in [5, 5.41) is 15.1. The summed E-state index contributed by atoms with van der Waals surface area (Å²) in [5.74, 6) is 1.54. The van der Waals surface area contributed by atoms with Gasteiger partial charge < -0.3 is 14.2 Å². The SMILES string of the molecule is COc1ccc(-n2c(=O)/c(=C/c3cn(-c4ccccc4)nc3-c3ccc4c(c3)OCCO4)s/c2=C(\C#N)C(=O)C(C)(C)C)cc1. The number of benzene rings is 3. The Morgan fingerprint density at radius 1 is 1.00 bits per heavy atom. The minimum atomic E-state index is -0.831. The molecule has 3 heterocycles. The Morgan fingerprint density at radius 2 is 1.71 bits per heavy atom. The van der Waals surface area contributed by atoms with E-state index >= 15 is 0 Å². The molecule has 0 spiro atoms. The molecule has 0 amide bonds. The van der Waals surface area contributed by atoms with Gasteiger partial charge in [0.15, 0.2) is 17.3 Å². The topological polar surface area (TPSA) is 108 Å². The van der Waals surface area contributed by atoms with Gasteiger partial charge in [-0.15, -0.1) is 11.3 Å². The first-order valence-corrected chi connectivity index (χ1v) is 15.1. The number of methoxy groups -OCH3 is 1. The largest absolute Gasteiger partial charge is 0.497 e. The maximum Gasteiger partial charge on any atom is 0.273 e. The lowest BCUT2D eigenvalue weighted by atomic mass is 9.87. The third kappa shape index (κ3) is 5.78. The van der Waals surface area contributed by atoms with E-state index in [0.717, 1.165) is 22.6 Å². The number of hydrogen-bond acceptors (Lipinski definition) is 8. The number of ether oxygens (including phenoxy) is 3. The maximum atomic E-state index is 14.2. The van der Waals surface area contributed by atoms with Crippen LogP contribution in [0.15, 0.2) is 83.8 Å². The van der Waals surface area contributed by atoms with Gasteiger partial charge in [-0.2, -0.15) is 10.4 Å². The van der Waals surface area contributed by atoms with E-state index in [9.17, 15) is 14.9 Å². The summed E-state index contributed by atoms with van der Waals surface area (Å²) >= 11 is 1.10. The fourth-order valence-electron chi connectivity index (χ4n) is 4.95. The highest BCUT2D eigenvalue weighted by molar-refractivity contribution is 7.07. The summed E-state index contributed by atoms with van der Waals surface area (Å²) in [6.45, 7) is 6.18. The van der Waals surface area contributed by atoms with Gasteiger partial charge in [0.2, 0.25) is 0 Å². The molecule has 10 heteroatoms. The second-order valence-corrected chi connectivity index (χ2v) is 12.4. The molecule has 0 atom stereocenters. The van der Waals surface area contributed by atoms with Crippen molar-refractivity contribution >= 4 is 28.8 Å². The predicted molar refractivity (Wildman–Crippen MR) is 173 cm³/mol. The molecule has 0 N–H and O–H groups in total. The van der Waals surface area contributed by atoms with Crippen LogP contribution in [0.4, 0.5) is 0 Å². The molecule has 0 bridgehead atoms. The van der Waals surface area contributed by atoms with E-state index in [2.05, 4.69) is 6.07 Å². The van der Waals surface area contributed by atoms with Crippen molar-refractivity contribution in [1.29, 1.82) is 5.26 Å². The van der Waals surface area contributed by atoms with Gasteiger partial charge >= 0.3 is 0 Å². The molecule has 3 aromatic carbocycles. The third-order valence-corrected chi connectivity index (χ3v) is 8.35. The predicted octanol–water partition coefficient (Wildman–Crippen LogP) is 4.65. The van der Waals surface area contributed by atoms with Gasteiger partial charge in [-0.25, -0.2) is 4.68 Å². The first-order valence-electron chi connectivity index (χ1n) is 14.3. The Morgan fingerprint density at radius 3 is 2.38 bits per heavy atom. The number of hydrogen-bond donors (Lipinski definition) is 0. The van der Waals surface area contributed by atoms with Gasteiger partial charge in [0, 0.05) is 22.7 Å². The van der Waals surface area contributed by atoms with Crippen molar-refractivity contribution in [3.8, 4) is 45.9 Å². The van der Waals surface area contributed by atoms with Gasteiger partial charge in [0.05, 0.1) is 23.0 Å². The van der Waals surface area contributed by atoms with E-state index in [1.54, 1.807) is 62.9 Å². The number of para-hydroxylation sites is 1. The number of carbonyl (C=O) groups excluding carboxylic acids is 1. The van der Waals surface area contributed by atoms with Crippen LogP contribution < -0.4 is 29.0 Å². The highest BCUT2D eigenvalue weighted by atomic mass is 32.1. The summed E-state index contributed by atoms with van der Waals surface area (Å²) in [5.41, 5.74) is 2.14. The normalized spacial score (nSPS) is 13.7. The number of thiazole rings is 1. The minimum absolute atomic E-state index is 0.0768. The van der Waals surface area contributed by atoms with Gasteiger partial charge in [-0.1, -0.05) is 39.0 Å². The number of nitrogens with zero attached hydrogens (tertiary/aromatic N) is 4. The molecule has 1 aliphatic heterocycles. The molecular formula is C35H30N4O5S. The zero-order chi connectivity index (χ0) is 31.7. The first-order chi connectivity index (χ1) is 21.7. The fraction of sp³-hybridized carbons (Fsp3) is 0.200. The van der Waals surface area contributed by atoms with Crippen molar-refractivity contribution in [2.75, 3.05) is 20.3 Å². The summed E-state index contributed by atoms with van der Waals surface area (Å²) in [6, 6.07) is 24.3. The molecule has 1 aliphatic rings. The average molecular weight is 619 g/mol. The standard InChI is InChI=1S/C35H30N4O5S/c1-35(2,3)32(40)27(20-36)34-39(25-11-13-26(42-4)14-12-25)33(41)30(45-34)19-23-21-38(24-8-6-5-7-9-24)37-31(23)22-10-15-28-29(18-22)44-17-16-43-28/h5-15,18-19,21H,16-17H2,1-4H3/b30-19-,34-27+.